The second kappa shape index (κ2) is 5.61. The third-order valence-corrected chi connectivity index (χ3v) is 3.01. The second-order valence-corrected chi connectivity index (χ2v) is 4.31. The SMILES string of the molecule is FC(F)(F)c1cc(CBr)ccc1Oc1cccnc1. The first-order valence-electron chi connectivity index (χ1n) is 5.34. The normalized spacial score (nSPS) is 11.4. The Morgan fingerprint density at radius 2 is 2.00 bits per heavy atom. The zero-order chi connectivity index (χ0) is 13.9. The molecule has 2 aromatic rings. The first-order chi connectivity index (χ1) is 9.00. The Morgan fingerprint density at radius 1 is 1.21 bits per heavy atom. The number of aromatic nitrogens is 1. The first-order valence-corrected chi connectivity index (χ1v) is 6.47. The van der Waals surface area contributed by atoms with E-state index in [1.807, 2.05) is 0 Å². The minimum absolute atomic E-state index is 0.231. The van der Waals surface area contributed by atoms with Crippen LogP contribution < -0.4 is 4.74 Å². The van der Waals surface area contributed by atoms with Crippen molar-refractivity contribution in [2.24, 2.45) is 0 Å². The van der Waals surface area contributed by atoms with Crippen molar-refractivity contribution in [2.75, 3.05) is 0 Å². The van der Waals surface area contributed by atoms with Crippen LogP contribution in [0.3, 0.4) is 0 Å². The summed E-state index contributed by atoms with van der Waals surface area (Å²) >= 11 is 3.13. The van der Waals surface area contributed by atoms with Crippen molar-refractivity contribution in [1.29, 1.82) is 0 Å². The van der Waals surface area contributed by atoms with Crippen LogP contribution in [0.15, 0.2) is 42.7 Å². The largest absolute Gasteiger partial charge is 0.455 e. The van der Waals surface area contributed by atoms with Crippen LogP contribution in [0, 0.1) is 0 Å². The number of hydrogen-bond donors (Lipinski definition) is 0. The minimum Gasteiger partial charge on any atom is -0.455 e. The first kappa shape index (κ1) is 13.9. The average Bonchev–Trinajstić information content (AvgIpc) is 2.39. The lowest BCUT2D eigenvalue weighted by Gasteiger charge is -2.14. The fraction of sp³-hybridized carbons (Fsp3) is 0.154. The van der Waals surface area contributed by atoms with Gasteiger partial charge in [0.15, 0.2) is 0 Å². The summed E-state index contributed by atoms with van der Waals surface area (Å²) in [7, 11) is 0. The fourth-order valence-corrected chi connectivity index (χ4v) is 1.85. The third-order valence-electron chi connectivity index (χ3n) is 2.37. The molecule has 0 unspecified atom stereocenters. The number of nitrogens with zero attached hydrogens (tertiary/aromatic N) is 1. The maximum Gasteiger partial charge on any atom is 0.419 e. The quantitative estimate of drug-likeness (QED) is 0.754. The predicted molar refractivity (Wildman–Crippen MR) is 68.4 cm³/mol. The summed E-state index contributed by atoms with van der Waals surface area (Å²) in [6, 6.07) is 7.10. The van der Waals surface area contributed by atoms with E-state index >= 15 is 0 Å². The Balaban J connectivity index is 2.40. The summed E-state index contributed by atoms with van der Waals surface area (Å²) in [6.07, 6.45) is -1.58. The van der Waals surface area contributed by atoms with Gasteiger partial charge in [0.1, 0.15) is 11.5 Å². The standard InChI is InChI=1S/C13H9BrF3NO/c14-7-9-3-4-12(11(6-9)13(15,16)17)19-10-2-1-5-18-8-10/h1-6,8H,7H2. The van der Waals surface area contributed by atoms with Crippen molar-refractivity contribution >= 4 is 15.9 Å². The maximum atomic E-state index is 13.0. The smallest absolute Gasteiger partial charge is 0.419 e. The van der Waals surface area contributed by atoms with Crippen molar-refractivity contribution in [3.63, 3.8) is 0 Å². The third kappa shape index (κ3) is 3.47. The highest BCUT2D eigenvalue weighted by Crippen LogP contribution is 2.38. The van der Waals surface area contributed by atoms with E-state index in [9.17, 15) is 13.2 Å². The molecular weight excluding hydrogens is 323 g/mol. The predicted octanol–water partition coefficient (Wildman–Crippen LogP) is 4.79. The van der Waals surface area contributed by atoms with E-state index in [2.05, 4.69) is 20.9 Å². The summed E-state index contributed by atoms with van der Waals surface area (Å²) in [5.41, 5.74) is -0.265. The molecule has 1 heterocycles. The van der Waals surface area contributed by atoms with E-state index in [0.29, 0.717) is 10.9 Å². The molecule has 0 fully saturated rings. The minimum atomic E-state index is -4.46. The molecule has 0 aliphatic rings. The molecular formula is C13H9BrF3NO. The Kier molecular flexibility index (Phi) is 4.09. The summed E-state index contributed by atoms with van der Waals surface area (Å²) < 4.78 is 44.1. The van der Waals surface area contributed by atoms with Crippen LogP contribution in [-0.2, 0) is 11.5 Å². The second-order valence-electron chi connectivity index (χ2n) is 3.75. The van der Waals surface area contributed by atoms with Gasteiger partial charge in [-0.3, -0.25) is 4.98 Å². The van der Waals surface area contributed by atoms with E-state index in [4.69, 9.17) is 4.74 Å². The van der Waals surface area contributed by atoms with Crippen LogP contribution in [0.1, 0.15) is 11.1 Å². The monoisotopic (exact) mass is 331 g/mol. The summed E-state index contributed by atoms with van der Waals surface area (Å²) in [6.45, 7) is 0. The van der Waals surface area contributed by atoms with Crippen LogP contribution >= 0.6 is 15.9 Å². The number of halogens is 4. The van der Waals surface area contributed by atoms with Crippen molar-refractivity contribution < 1.29 is 17.9 Å². The van der Waals surface area contributed by atoms with Gasteiger partial charge in [0.05, 0.1) is 11.8 Å². The summed E-state index contributed by atoms with van der Waals surface area (Å²) in [5, 5.41) is 0.350. The van der Waals surface area contributed by atoms with E-state index in [-0.39, 0.29) is 11.5 Å². The molecule has 0 spiro atoms. The summed E-state index contributed by atoms with van der Waals surface area (Å²) in [5.74, 6) is 0.0322. The van der Waals surface area contributed by atoms with Gasteiger partial charge in [-0.1, -0.05) is 22.0 Å². The van der Waals surface area contributed by atoms with Gasteiger partial charge in [0, 0.05) is 11.5 Å². The number of hydrogen-bond acceptors (Lipinski definition) is 2. The van der Waals surface area contributed by atoms with Gasteiger partial charge in [-0.05, 0) is 29.8 Å². The fourth-order valence-electron chi connectivity index (χ4n) is 1.51. The van der Waals surface area contributed by atoms with E-state index in [1.54, 1.807) is 18.2 Å². The number of pyridine rings is 1. The van der Waals surface area contributed by atoms with Crippen molar-refractivity contribution in [3.8, 4) is 11.5 Å². The van der Waals surface area contributed by atoms with Crippen molar-refractivity contribution in [2.45, 2.75) is 11.5 Å². The number of benzene rings is 1. The Labute approximate surface area is 116 Å². The van der Waals surface area contributed by atoms with Gasteiger partial charge in [0.25, 0.3) is 0 Å². The van der Waals surface area contributed by atoms with Gasteiger partial charge in [-0.15, -0.1) is 0 Å². The molecule has 0 N–H and O–H groups in total. The lowest BCUT2D eigenvalue weighted by molar-refractivity contribution is -0.138. The van der Waals surface area contributed by atoms with Gasteiger partial charge in [0.2, 0.25) is 0 Å². The molecule has 2 nitrogen and oxygen atoms in total. The lowest BCUT2D eigenvalue weighted by atomic mass is 10.1. The summed E-state index contributed by atoms with van der Waals surface area (Å²) in [4.78, 5) is 3.79. The molecule has 1 aromatic carbocycles. The number of ether oxygens (including phenoxy) is 1. The van der Waals surface area contributed by atoms with Crippen LogP contribution in [-0.4, -0.2) is 4.98 Å². The molecule has 100 valence electrons. The average molecular weight is 332 g/mol. The number of alkyl halides is 4. The number of rotatable bonds is 3. The van der Waals surface area contributed by atoms with Crippen LogP contribution in [0.4, 0.5) is 13.2 Å². The van der Waals surface area contributed by atoms with Crippen LogP contribution in [0.5, 0.6) is 11.5 Å². The van der Waals surface area contributed by atoms with E-state index in [0.717, 1.165) is 6.07 Å². The molecule has 0 aliphatic heterocycles. The molecule has 0 atom stereocenters. The zero-order valence-electron chi connectivity index (χ0n) is 9.62. The highest BCUT2D eigenvalue weighted by Gasteiger charge is 2.34. The Morgan fingerprint density at radius 3 is 2.58 bits per heavy atom. The molecule has 2 rings (SSSR count). The van der Waals surface area contributed by atoms with Crippen molar-refractivity contribution in [1.82, 2.24) is 4.98 Å². The molecule has 19 heavy (non-hydrogen) atoms. The zero-order valence-corrected chi connectivity index (χ0v) is 11.2. The topological polar surface area (TPSA) is 22.1 Å². The highest BCUT2D eigenvalue weighted by atomic mass is 79.9. The van der Waals surface area contributed by atoms with Crippen molar-refractivity contribution in [3.05, 3.63) is 53.9 Å². The van der Waals surface area contributed by atoms with Crippen LogP contribution in [0.2, 0.25) is 0 Å². The molecule has 0 saturated heterocycles. The Hall–Kier alpha value is -1.56. The van der Waals surface area contributed by atoms with Gasteiger partial charge in [-0.2, -0.15) is 13.2 Å². The Bertz CT molecular complexity index is 558. The molecule has 0 aliphatic carbocycles. The van der Waals surface area contributed by atoms with Crippen LogP contribution in [0.25, 0.3) is 0 Å². The molecule has 0 amide bonds. The van der Waals surface area contributed by atoms with E-state index < -0.39 is 11.7 Å². The van der Waals surface area contributed by atoms with Gasteiger partial charge >= 0.3 is 6.18 Å². The molecule has 0 bridgehead atoms. The molecule has 0 radical (unpaired) electrons. The van der Waals surface area contributed by atoms with Gasteiger partial charge in [-0.25, -0.2) is 0 Å². The molecule has 0 saturated carbocycles. The molecule has 6 heteroatoms. The molecule has 1 aromatic heterocycles. The highest BCUT2D eigenvalue weighted by molar-refractivity contribution is 9.08. The lowest BCUT2D eigenvalue weighted by Crippen LogP contribution is -2.07. The maximum absolute atomic E-state index is 13.0. The van der Waals surface area contributed by atoms with Gasteiger partial charge < -0.3 is 4.74 Å². The van der Waals surface area contributed by atoms with E-state index in [1.165, 1.54) is 18.5 Å².